The van der Waals surface area contributed by atoms with Crippen LogP contribution in [0.1, 0.15) is 19.4 Å². The van der Waals surface area contributed by atoms with Crippen LogP contribution in [0.15, 0.2) is 60.7 Å². The normalized spacial score (nSPS) is 10.8. The molecule has 0 spiro atoms. The maximum atomic E-state index is 12.5. The smallest absolute Gasteiger partial charge is 0.331 e. The second kappa shape index (κ2) is 9.42. The lowest BCUT2D eigenvalue weighted by Gasteiger charge is -2.26. The zero-order valence-electron chi connectivity index (χ0n) is 15.2. The first-order chi connectivity index (χ1) is 12.5. The van der Waals surface area contributed by atoms with Gasteiger partial charge in [-0.15, -0.1) is 0 Å². The van der Waals surface area contributed by atoms with Crippen molar-refractivity contribution in [2.45, 2.75) is 19.9 Å². The minimum absolute atomic E-state index is 0.0454. The number of para-hydroxylation sites is 1. The molecule has 0 aliphatic heterocycles. The van der Waals surface area contributed by atoms with Gasteiger partial charge in [0, 0.05) is 17.8 Å². The van der Waals surface area contributed by atoms with Gasteiger partial charge in [0.15, 0.2) is 6.61 Å². The van der Waals surface area contributed by atoms with Crippen molar-refractivity contribution in [3.63, 3.8) is 0 Å². The summed E-state index contributed by atoms with van der Waals surface area (Å²) in [5.41, 5.74) is 1.58. The van der Waals surface area contributed by atoms with Crippen molar-refractivity contribution in [2.75, 3.05) is 18.6 Å². The van der Waals surface area contributed by atoms with Crippen molar-refractivity contribution in [3.8, 4) is 5.75 Å². The fourth-order valence-electron chi connectivity index (χ4n) is 2.48. The number of hydrogen-bond acceptors (Lipinski definition) is 4. The van der Waals surface area contributed by atoms with Crippen molar-refractivity contribution in [1.82, 2.24) is 0 Å². The Morgan fingerprint density at radius 1 is 1.08 bits per heavy atom. The molecule has 1 amide bonds. The van der Waals surface area contributed by atoms with Crippen LogP contribution in [0.5, 0.6) is 5.75 Å². The van der Waals surface area contributed by atoms with Gasteiger partial charge in [-0.2, -0.15) is 0 Å². The molecule has 0 unspecified atom stereocenters. The number of ether oxygens (including phenoxy) is 2. The third kappa shape index (κ3) is 5.48. The first kappa shape index (κ1) is 19.2. The van der Waals surface area contributed by atoms with Crippen LogP contribution < -0.4 is 9.64 Å². The molecule has 0 N–H and O–H groups in total. The highest BCUT2D eigenvalue weighted by atomic mass is 16.5. The number of hydrogen-bond donors (Lipinski definition) is 0. The van der Waals surface area contributed by atoms with E-state index in [0.717, 1.165) is 11.3 Å². The van der Waals surface area contributed by atoms with E-state index >= 15 is 0 Å². The van der Waals surface area contributed by atoms with E-state index in [1.165, 1.54) is 6.08 Å². The van der Waals surface area contributed by atoms with Crippen LogP contribution in [0.4, 0.5) is 5.69 Å². The SMILES string of the molecule is COc1cccc(C=CC(=O)OCC(=O)N(c2ccccc2)C(C)C)c1. The lowest BCUT2D eigenvalue weighted by atomic mass is 10.2. The summed E-state index contributed by atoms with van der Waals surface area (Å²) in [5, 5.41) is 0. The van der Waals surface area contributed by atoms with Gasteiger partial charge in [-0.05, 0) is 49.8 Å². The molecule has 2 aromatic carbocycles. The average molecular weight is 353 g/mol. The van der Waals surface area contributed by atoms with Gasteiger partial charge < -0.3 is 14.4 Å². The first-order valence-electron chi connectivity index (χ1n) is 8.37. The number of carbonyl (C=O) groups is 2. The number of amides is 1. The molecular weight excluding hydrogens is 330 g/mol. The van der Waals surface area contributed by atoms with Crippen molar-refractivity contribution in [2.24, 2.45) is 0 Å². The Bertz CT molecular complexity index is 769. The van der Waals surface area contributed by atoms with E-state index in [4.69, 9.17) is 9.47 Å². The molecule has 2 aromatic rings. The molecule has 0 bridgehead atoms. The molecule has 0 saturated carbocycles. The van der Waals surface area contributed by atoms with E-state index in [0.29, 0.717) is 5.75 Å². The number of carbonyl (C=O) groups excluding carboxylic acids is 2. The number of anilines is 1. The molecule has 0 atom stereocenters. The van der Waals surface area contributed by atoms with Crippen LogP contribution in [-0.4, -0.2) is 31.6 Å². The van der Waals surface area contributed by atoms with Crippen LogP contribution in [0, 0.1) is 0 Å². The molecule has 0 heterocycles. The van der Waals surface area contributed by atoms with Gasteiger partial charge in [0.25, 0.3) is 5.91 Å². The van der Waals surface area contributed by atoms with Crippen LogP contribution in [0.3, 0.4) is 0 Å². The highest BCUT2D eigenvalue weighted by Crippen LogP contribution is 2.17. The summed E-state index contributed by atoms with van der Waals surface area (Å²) in [6, 6.07) is 16.5. The molecule has 0 radical (unpaired) electrons. The van der Waals surface area contributed by atoms with E-state index in [9.17, 15) is 9.59 Å². The second-order valence-electron chi connectivity index (χ2n) is 5.91. The summed E-state index contributed by atoms with van der Waals surface area (Å²) >= 11 is 0. The Kier molecular flexibility index (Phi) is 6.97. The molecule has 0 aliphatic carbocycles. The minimum atomic E-state index is -0.571. The highest BCUT2D eigenvalue weighted by Gasteiger charge is 2.19. The van der Waals surface area contributed by atoms with Crippen LogP contribution in [-0.2, 0) is 14.3 Å². The molecule has 5 heteroatoms. The van der Waals surface area contributed by atoms with Crippen molar-refractivity contribution < 1.29 is 19.1 Å². The van der Waals surface area contributed by atoms with E-state index < -0.39 is 5.97 Å². The summed E-state index contributed by atoms with van der Waals surface area (Å²) < 4.78 is 10.2. The van der Waals surface area contributed by atoms with E-state index in [1.807, 2.05) is 62.4 Å². The highest BCUT2D eigenvalue weighted by molar-refractivity contribution is 5.96. The van der Waals surface area contributed by atoms with Crippen molar-refractivity contribution in [1.29, 1.82) is 0 Å². The van der Waals surface area contributed by atoms with Gasteiger partial charge in [0.2, 0.25) is 0 Å². The monoisotopic (exact) mass is 353 g/mol. The Morgan fingerprint density at radius 3 is 2.46 bits per heavy atom. The van der Waals surface area contributed by atoms with Crippen molar-refractivity contribution in [3.05, 3.63) is 66.2 Å². The number of esters is 1. The van der Waals surface area contributed by atoms with Gasteiger partial charge in [-0.3, -0.25) is 4.79 Å². The summed E-state index contributed by atoms with van der Waals surface area (Å²) in [6.07, 6.45) is 2.91. The van der Waals surface area contributed by atoms with Crippen LogP contribution in [0.2, 0.25) is 0 Å². The quantitative estimate of drug-likeness (QED) is 0.563. The molecule has 0 aromatic heterocycles. The Morgan fingerprint density at radius 2 is 1.81 bits per heavy atom. The molecule has 5 nitrogen and oxygen atoms in total. The lowest BCUT2D eigenvalue weighted by molar-refractivity contribution is -0.143. The minimum Gasteiger partial charge on any atom is -0.497 e. The predicted molar refractivity (Wildman–Crippen MR) is 102 cm³/mol. The van der Waals surface area contributed by atoms with Gasteiger partial charge >= 0.3 is 5.97 Å². The molecule has 26 heavy (non-hydrogen) atoms. The standard InChI is InChI=1S/C21H23NO4/c1-16(2)22(18-9-5-4-6-10-18)20(23)15-26-21(24)13-12-17-8-7-11-19(14-17)25-3/h4-14,16H,15H2,1-3H3. The number of nitrogens with zero attached hydrogens (tertiary/aromatic N) is 1. The van der Waals surface area contributed by atoms with E-state index in [-0.39, 0.29) is 18.6 Å². The van der Waals surface area contributed by atoms with Crippen molar-refractivity contribution >= 4 is 23.6 Å². The number of rotatable bonds is 7. The number of benzene rings is 2. The number of methoxy groups -OCH3 is 1. The first-order valence-corrected chi connectivity index (χ1v) is 8.37. The third-order valence-electron chi connectivity index (χ3n) is 3.66. The Balaban J connectivity index is 1.94. The van der Waals surface area contributed by atoms with Gasteiger partial charge in [-0.1, -0.05) is 30.3 Å². The third-order valence-corrected chi connectivity index (χ3v) is 3.66. The molecule has 0 fully saturated rings. The maximum absolute atomic E-state index is 12.5. The summed E-state index contributed by atoms with van der Waals surface area (Å²) in [6.45, 7) is 3.51. The second-order valence-corrected chi connectivity index (χ2v) is 5.91. The Hall–Kier alpha value is -3.08. The molecule has 0 saturated heterocycles. The summed E-state index contributed by atoms with van der Waals surface area (Å²) in [7, 11) is 1.58. The molecular formula is C21H23NO4. The fourth-order valence-corrected chi connectivity index (χ4v) is 2.48. The van der Waals surface area contributed by atoms with Crippen LogP contribution in [0.25, 0.3) is 6.08 Å². The molecule has 2 rings (SSSR count). The maximum Gasteiger partial charge on any atom is 0.331 e. The predicted octanol–water partition coefficient (Wildman–Crippen LogP) is 3.69. The van der Waals surface area contributed by atoms with Gasteiger partial charge in [-0.25, -0.2) is 4.79 Å². The zero-order valence-corrected chi connectivity index (χ0v) is 15.2. The van der Waals surface area contributed by atoms with Crippen LogP contribution >= 0.6 is 0 Å². The Labute approximate surface area is 153 Å². The summed E-state index contributed by atoms with van der Waals surface area (Å²) in [5.74, 6) is -0.140. The topological polar surface area (TPSA) is 55.8 Å². The fraction of sp³-hybridized carbons (Fsp3) is 0.238. The van der Waals surface area contributed by atoms with E-state index in [1.54, 1.807) is 24.2 Å². The van der Waals surface area contributed by atoms with Gasteiger partial charge in [0.1, 0.15) is 5.75 Å². The van der Waals surface area contributed by atoms with Gasteiger partial charge in [0.05, 0.1) is 7.11 Å². The lowest BCUT2D eigenvalue weighted by Crippen LogP contribution is -2.39. The molecule has 0 aliphatic rings. The zero-order chi connectivity index (χ0) is 18.9. The average Bonchev–Trinajstić information content (AvgIpc) is 2.65. The largest absolute Gasteiger partial charge is 0.497 e. The summed E-state index contributed by atoms with van der Waals surface area (Å²) in [4.78, 5) is 26.0. The van der Waals surface area contributed by atoms with E-state index in [2.05, 4.69) is 0 Å². The molecule has 136 valence electrons.